The van der Waals surface area contributed by atoms with Gasteiger partial charge in [-0.2, -0.15) is 4.37 Å². The van der Waals surface area contributed by atoms with Crippen LogP contribution in [0.5, 0.6) is 5.88 Å². The van der Waals surface area contributed by atoms with Crippen LogP contribution in [0.3, 0.4) is 0 Å². The van der Waals surface area contributed by atoms with Crippen molar-refractivity contribution in [3.63, 3.8) is 0 Å². The SMILES string of the molecule is CN1CCC=C(c2nsnc2OCc2ccccc2)C1.O=C([O-])C(=O)[O-].[Na+].[Na+]. The molecule has 0 amide bonds. The van der Waals surface area contributed by atoms with Gasteiger partial charge in [0.1, 0.15) is 12.3 Å². The first-order valence-electron chi connectivity index (χ1n) is 7.77. The van der Waals surface area contributed by atoms with Crippen molar-refractivity contribution in [1.82, 2.24) is 13.6 Å². The number of nitrogens with zero attached hydrogens (tertiary/aromatic N) is 3. The summed E-state index contributed by atoms with van der Waals surface area (Å²) >= 11 is 1.21. The number of likely N-dealkylation sites (N-methyl/N-ethyl adjacent to an activating group) is 1. The van der Waals surface area contributed by atoms with E-state index in [0.29, 0.717) is 12.5 Å². The summed E-state index contributed by atoms with van der Waals surface area (Å²) in [5, 5.41) is 17.9. The maximum atomic E-state index is 8.93. The number of rotatable bonds is 4. The monoisotopic (exact) mass is 421 g/mol. The second-order valence-corrected chi connectivity index (χ2v) is 6.05. The summed E-state index contributed by atoms with van der Waals surface area (Å²) in [6.45, 7) is 2.54. The van der Waals surface area contributed by atoms with Gasteiger partial charge >= 0.3 is 59.1 Å². The molecule has 1 aromatic carbocycles. The third-order valence-corrected chi connectivity index (χ3v) is 4.00. The Balaban J connectivity index is 0.000000804. The average molecular weight is 421 g/mol. The smallest absolute Gasteiger partial charge is 0.543 e. The second-order valence-electron chi connectivity index (χ2n) is 5.52. The van der Waals surface area contributed by atoms with E-state index in [4.69, 9.17) is 24.5 Å². The van der Waals surface area contributed by atoms with Crippen LogP contribution < -0.4 is 74.1 Å². The third kappa shape index (κ3) is 9.15. The van der Waals surface area contributed by atoms with Gasteiger partial charge in [0.2, 0.25) is 0 Å². The van der Waals surface area contributed by atoms with Crippen LogP contribution >= 0.6 is 11.7 Å². The molecule has 1 aromatic heterocycles. The molecule has 0 bridgehead atoms. The first-order chi connectivity index (χ1) is 12.5. The Hall–Kier alpha value is -0.780. The van der Waals surface area contributed by atoms with Crippen LogP contribution in [-0.4, -0.2) is 45.7 Å². The van der Waals surface area contributed by atoms with Gasteiger partial charge in [0.25, 0.3) is 5.88 Å². The van der Waals surface area contributed by atoms with Crippen LogP contribution in [0.25, 0.3) is 5.57 Å². The van der Waals surface area contributed by atoms with E-state index >= 15 is 0 Å². The number of carbonyl (C=O) groups excluding carboxylic acids is 2. The zero-order valence-electron chi connectivity index (χ0n) is 16.1. The summed E-state index contributed by atoms with van der Waals surface area (Å²) in [7, 11) is 2.12. The average Bonchev–Trinajstić information content (AvgIpc) is 3.10. The Labute approximate surface area is 211 Å². The summed E-state index contributed by atoms with van der Waals surface area (Å²) in [5.41, 5.74) is 3.26. The minimum absolute atomic E-state index is 0. The van der Waals surface area contributed by atoms with Gasteiger partial charge in [0, 0.05) is 13.1 Å². The fourth-order valence-corrected chi connectivity index (χ4v) is 2.79. The Morgan fingerprint density at radius 1 is 1.14 bits per heavy atom. The van der Waals surface area contributed by atoms with Gasteiger partial charge in [-0.3, -0.25) is 0 Å². The van der Waals surface area contributed by atoms with Gasteiger partial charge < -0.3 is 29.4 Å². The number of carboxylic acid groups (broad SMARTS) is 2. The van der Waals surface area contributed by atoms with Crippen molar-refractivity contribution in [3.05, 3.63) is 47.7 Å². The minimum Gasteiger partial charge on any atom is -0.543 e. The Morgan fingerprint density at radius 3 is 2.36 bits per heavy atom. The van der Waals surface area contributed by atoms with Gasteiger partial charge in [-0.1, -0.05) is 36.4 Å². The van der Waals surface area contributed by atoms with Crippen molar-refractivity contribution in [1.29, 1.82) is 0 Å². The van der Waals surface area contributed by atoms with Gasteiger partial charge in [0.15, 0.2) is 0 Å². The van der Waals surface area contributed by atoms with Crippen molar-refractivity contribution in [2.45, 2.75) is 13.0 Å². The number of carbonyl (C=O) groups is 2. The van der Waals surface area contributed by atoms with Gasteiger partial charge in [0.05, 0.1) is 23.7 Å². The second kappa shape index (κ2) is 14.2. The van der Waals surface area contributed by atoms with E-state index in [2.05, 4.69) is 26.8 Å². The van der Waals surface area contributed by atoms with Crippen molar-refractivity contribution >= 4 is 29.2 Å². The number of ether oxygens (including phenoxy) is 1. The summed E-state index contributed by atoms with van der Waals surface area (Å²) in [5.74, 6) is -3.72. The molecule has 1 aliphatic rings. The van der Waals surface area contributed by atoms with E-state index in [1.54, 1.807) is 0 Å². The predicted molar refractivity (Wildman–Crippen MR) is 90.8 cm³/mol. The molecule has 2 aromatic rings. The Morgan fingerprint density at radius 2 is 1.79 bits per heavy atom. The van der Waals surface area contributed by atoms with E-state index < -0.39 is 11.9 Å². The molecule has 3 rings (SSSR count). The number of benzene rings is 1. The van der Waals surface area contributed by atoms with Crippen LogP contribution in [-0.2, 0) is 16.2 Å². The molecule has 0 fully saturated rings. The maximum Gasteiger partial charge on any atom is 1.00 e. The molecule has 138 valence electrons. The number of aliphatic carboxylic acids is 2. The van der Waals surface area contributed by atoms with Gasteiger partial charge in [-0.15, -0.1) is 4.37 Å². The fraction of sp³-hybridized carbons (Fsp3) is 0.294. The maximum absolute atomic E-state index is 8.93. The Bertz CT molecular complexity index is 774. The first-order valence-corrected chi connectivity index (χ1v) is 8.50. The number of hydrogen-bond acceptors (Lipinski definition) is 9. The molecular formula is C17H17N3Na2O5S. The molecule has 0 aliphatic carbocycles. The molecular weight excluding hydrogens is 404 g/mol. The van der Waals surface area contributed by atoms with E-state index in [1.165, 1.54) is 17.3 Å². The zero-order valence-corrected chi connectivity index (χ0v) is 20.9. The van der Waals surface area contributed by atoms with E-state index in [9.17, 15) is 0 Å². The summed E-state index contributed by atoms with van der Waals surface area (Å²) in [6.07, 6.45) is 3.30. The summed E-state index contributed by atoms with van der Waals surface area (Å²) in [4.78, 5) is 20.1. The standard InChI is InChI=1S/C15H17N3OS.C2H2O4.2Na/c1-18-9-5-8-13(10-18)14-15(17-20-16-14)19-11-12-6-3-2-4-7-12;3-1(4)2(5)6;;/h2-4,6-8H,5,9-11H2,1H3;(H,3,4)(H,5,6);;/q;;2*+1/p-2. The molecule has 0 radical (unpaired) electrons. The number of carboxylic acids is 2. The molecule has 0 atom stereocenters. The van der Waals surface area contributed by atoms with Crippen LogP contribution in [0.2, 0.25) is 0 Å². The van der Waals surface area contributed by atoms with Crippen LogP contribution in [0.1, 0.15) is 17.7 Å². The van der Waals surface area contributed by atoms with Gasteiger partial charge in [-0.25, -0.2) is 0 Å². The fourth-order valence-electron chi connectivity index (χ4n) is 2.26. The summed E-state index contributed by atoms with van der Waals surface area (Å²) < 4.78 is 14.5. The number of aromatic nitrogens is 2. The molecule has 0 unspecified atom stereocenters. The van der Waals surface area contributed by atoms with Gasteiger partial charge in [-0.05, 0) is 24.6 Å². The normalized spacial score (nSPS) is 13.0. The van der Waals surface area contributed by atoms with Crippen molar-refractivity contribution in [2.24, 2.45) is 0 Å². The largest absolute Gasteiger partial charge is 1.00 e. The molecule has 0 spiro atoms. The van der Waals surface area contributed by atoms with E-state index in [-0.39, 0.29) is 59.1 Å². The zero-order chi connectivity index (χ0) is 18.9. The number of hydrogen-bond donors (Lipinski definition) is 0. The molecule has 0 N–H and O–H groups in total. The van der Waals surface area contributed by atoms with Crippen LogP contribution in [0, 0.1) is 0 Å². The van der Waals surface area contributed by atoms with Crippen LogP contribution in [0.4, 0.5) is 0 Å². The third-order valence-electron chi connectivity index (χ3n) is 3.49. The molecule has 1 aliphatic heterocycles. The van der Waals surface area contributed by atoms with E-state index in [1.807, 2.05) is 30.3 Å². The first kappa shape index (κ1) is 27.2. The van der Waals surface area contributed by atoms with Crippen molar-refractivity contribution < 1.29 is 83.7 Å². The van der Waals surface area contributed by atoms with Crippen LogP contribution in [0.15, 0.2) is 36.4 Å². The predicted octanol–water partition coefficient (Wildman–Crippen LogP) is -6.67. The molecule has 28 heavy (non-hydrogen) atoms. The summed E-state index contributed by atoms with van der Waals surface area (Å²) in [6, 6.07) is 10.1. The molecule has 0 saturated carbocycles. The van der Waals surface area contributed by atoms with E-state index in [0.717, 1.165) is 30.8 Å². The quantitative estimate of drug-likeness (QED) is 0.353. The molecule has 11 heteroatoms. The minimum atomic E-state index is -2.19. The topological polar surface area (TPSA) is 119 Å². The van der Waals surface area contributed by atoms with Crippen molar-refractivity contribution in [3.8, 4) is 5.88 Å². The molecule has 8 nitrogen and oxygen atoms in total. The van der Waals surface area contributed by atoms with Crippen molar-refractivity contribution in [2.75, 3.05) is 20.1 Å². The Kier molecular flexibility index (Phi) is 13.8. The molecule has 0 saturated heterocycles. The molecule has 2 heterocycles.